The number of carbonyl (C=O) groups is 3. The molecule has 1 unspecified atom stereocenters. The number of Topliss-reactive ketones (excluding diaryl/α,β-unsaturated/α-hetero) is 1. The molecule has 148 valence electrons. The smallest absolute Gasteiger partial charge is 0.456 e. The van der Waals surface area contributed by atoms with E-state index in [2.05, 4.69) is 4.99 Å². The lowest BCUT2D eigenvalue weighted by Gasteiger charge is -2.34. The molecule has 0 spiro atoms. The van der Waals surface area contributed by atoms with Crippen molar-refractivity contribution in [2.24, 2.45) is 0 Å². The van der Waals surface area contributed by atoms with Crippen LogP contribution >= 0.6 is 11.8 Å². The Morgan fingerprint density at radius 2 is 1.82 bits per heavy atom. The van der Waals surface area contributed by atoms with Crippen LogP contribution in [0, 0.1) is 0 Å². The number of rotatable bonds is 5. The molecule has 0 aliphatic carbocycles. The van der Waals surface area contributed by atoms with Crippen LogP contribution in [-0.2, 0) is 24.4 Å². The molecule has 3 rings (SSSR count). The van der Waals surface area contributed by atoms with Crippen molar-refractivity contribution in [2.75, 3.05) is 6.54 Å². The number of fused-ring (bicyclic) bond motifs is 2. The van der Waals surface area contributed by atoms with Gasteiger partial charge in [-0.25, -0.2) is 18.0 Å². The van der Waals surface area contributed by atoms with E-state index in [-0.39, 0.29) is 27.6 Å². The van der Waals surface area contributed by atoms with E-state index in [0.29, 0.717) is 0 Å². The lowest BCUT2D eigenvalue weighted by Crippen LogP contribution is -2.81. The van der Waals surface area contributed by atoms with Gasteiger partial charge in [0.05, 0.1) is 16.0 Å². The Labute approximate surface area is 166 Å². The number of amides is 1. The second kappa shape index (κ2) is 6.94. The molecule has 8 nitrogen and oxygen atoms in total. The molecule has 0 saturated heterocycles. The summed E-state index contributed by atoms with van der Waals surface area (Å²) in [4.78, 5) is 38.2. The first-order valence-corrected chi connectivity index (χ1v) is 10.7. The summed E-state index contributed by atoms with van der Waals surface area (Å²) < 4.78 is 27.7. The van der Waals surface area contributed by atoms with Crippen molar-refractivity contribution < 1.29 is 32.9 Å². The van der Waals surface area contributed by atoms with Gasteiger partial charge in [0.25, 0.3) is 5.78 Å². The first kappa shape index (κ1) is 20.4. The molecule has 1 amide bonds. The minimum Gasteiger partial charge on any atom is -0.478 e. The summed E-state index contributed by atoms with van der Waals surface area (Å²) in [6, 6.07) is 7.81. The molecular formula is C18H19N2O6S2+. The maximum absolute atomic E-state index is 13.2. The number of sulfonamides is 1. The maximum Gasteiger partial charge on any atom is 0.456 e. The highest BCUT2D eigenvalue weighted by Gasteiger charge is 2.52. The number of carboxylic acid groups (broad SMARTS) is 1. The first-order valence-electron chi connectivity index (χ1n) is 8.38. The van der Waals surface area contributed by atoms with Crippen LogP contribution in [0.15, 0.2) is 46.4 Å². The Hall–Kier alpha value is -2.30. The van der Waals surface area contributed by atoms with Gasteiger partial charge in [-0.05, 0) is 44.7 Å². The predicted molar refractivity (Wildman–Crippen MR) is 102 cm³/mol. The second-order valence-corrected chi connectivity index (χ2v) is 10.3. The van der Waals surface area contributed by atoms with E-state index in [1.165, 1.54) is 16.4 Å². The number of nitrogens with zero attached hydrogens (tertiary/aromatic N) is 1. The molecule has 28 heavy (non-hydrogen) atoms. The topological polar surface area (TPSA) is 123 Å². The molecule has 0 fully saturated rings. The minimum atomic E-state index is -3.97. The lowest BCUT2D eigenvalue weighted by atomic mass is 10.0. The summed E-state index contributed by atoms with van der Waals surface area (Å²) >= 11 is 0.927. The van der Waals surface area contributed by atoms with Gasteiger partial charge < -0.3 is 5.11 Å². The summed E-state index contributed by atoms with van der Waals surface area (Å²) in [6.45, 7) is 4.79. The van der Waals surface area contributed by atoms with E-state index in [1.54, 1.807) is 39.0 Å². The van der Waals surface area contributed by atoms with Crippen molar-refractivity contribution in [1.82, 2.24) is 4.31 Å². The molecule has 0 radical (unpaired) electrons. The fourth-order valence-corrected chi connectivity index (χ4v) is 6.10. The monoisotopic (exact) mass is 423 g/mol. The van der Waals surface area contributed by atoms with Gasteiger partial charge in [0, 0.05) is 12.1 Å². The molecule has 2 bridgehead atoms. The summed E-state index contributed by atoms with van der Waals surface area (Å²) in [5.74, 6) is -3.09. The zero-order valence-electron chi connectivity index (χ0n) is 15.4. The van der Waals surface area contributed by atoms with Crippen molar-refractivity contribution >= 4 is 44.5 Å². The molecule has 10 heteroatoms. The number of aliphatic carboxylic acids is 1. The van der Waals surface area contributed by atoms with Gasteiger partial charge in [-0.3, -0.25) is 4.79 Å². The van der Waals surface area contributed by atoms with Crippen LogP contribution < -0.4 is 4.99 Å². The van der Waals surface area contributed by atoms with Crippen molar-refractivity contribution in [2.45, 2.75) is 36.5 Å². The number of benzene rings is 1. The Morgan fingerprint density at radius 3 is 2.36 bits per heavy atom. The Balaban J connectivity index is 2.13. The first-order chi connectivity index (χ1) is 12.9. The van der Waals surface area contributed by atoms with E-state index in [0.717, 1.165) is 11.8 Å². The van der Waals surface area contributed by atoms with Gasteiger partial charge >= 0.3 is 11.9 Å². The van der Waals surface area contributed by atoms with Gasteiger partial charge in [-0.15, -0.1) is 0 Å². The number of thioether (sulfide) groups is 1. The average Bonchev–Trinajstić information content (AvgIpc) is 2.91. The van der Waals surface area contributed by atoms with E-state index in [1.807, 2.05) is 0 Å². The highest BCUT2D eigenvalue weighted by molar-refractivity contribution is 8.16. The quantitative estimate of drug-likeness (QED) is 0.616. The fourth-order valence-electron chi connectivity index (χ4n) is 3.05. The standard InChI is InChI=1S/C18H18N2O6S2/c1-18(2,3)20(28(25,26)10-7-5-4-6-8-10)9-11-12(17(23)24)14-13(21)15(22)19-16(11)27-14/h4-8,14H,9H2,1-3H3,(H,23,24)/p+1. The van der Waals surface area contributed by atoms with Crippen LogP contribution in [0.5, 0.6) is 0 Å². The highest BCUT2D eigenvalue weighted by atomic mass is 32.2. The van der Waals surface area contributed by atoms with Crippen molar-refractivity contribution in [3.05, 3.63) is 41.5 Å². The molecule has 1 atom stereocenters. The molecule has 0 saturated carbocycles. The molecule has 2 aliphatic rings. The SMILES string of the molecule is CC(C)(C)N(CC1=C(C(=O)O)C2SC1=[NH+]C(=O)C2=O)S(=O)(=O)c1ccccc1. The van der Waals surface area contributed by atoms with Crippen LogP contribution in [-0.4, -0.2) is 57.9 Å². The van der Waals surface area contributed by atoms with Crippen molar-refractivity contribution in [3.63, 3.8) is 0 Å². The van der Waals surface area contributed by atoms with E-state index in [4.69, 9.17) is 0 Å². The van der Waals surface area contributed by atoms with Crippen LogP contribution in [0.25, 0.3) is 0 Å². The normalized spacial score (nSPS) is 20.0. The third kappa shape index (κ3) is 3.43. The number of nitrogens with one attached hydrogen (secondary N) is 1. The van der Waals surface area contributed by atoms with Crippen LogP contribution in [0.4, 0.5) is 0 Å². The molecule has 2 heterocycles. The molecule has 1 aromatic carbocycles. The second-order valence-electron chi connectivity index (χ2n) is 7.34. The summed E-state index contributed by atoms with van der Waals surface area (Å²) in [6.07, 6.45) is 0. The molecule has 2 aliphatic heterocycles. The molecule has 2 N–H and O–H groups in total. The molecule has 1 aromatic rings. The zero-order chi connectivity index (χ0) is 20.9. The maximum atomic E-state index is 13.2. The zero-order valence-corrected chi connectivity index (χ0v) is 17.1. The number of carboxylic acids is 1. The summed E-state index contributed by atoms with van der Waals surface area (Å²) in [5.41, 5.74) is -1.00. The Morgan fingerprint density at radius 1 is 1.21 bits per heavy atom. The van der Waals surface area contributed by atoms with Crippen LogP contribution in [0.3, 0.4) is 0 Å². The summed E-state index contributed by atoms with van der Waals surface area (Å²) in [5, 5.41) is 8.68. The van der Waals surface area contributed by atoms with Crippen LogP contribution in [0.2, 0.25) is 0 Å². The lowest BCUT2D eigenvalue weighted by molar-refractivity contribution is -0.368. The van der Waals surface area contributed by atoms with Gasteiger partial charge in [0.15, 0.2) is 0 Å². The van der Waals surface area contributed by atoms with Gasteiger partial charge in [-0.2, -0.15) is 9.30 Å². The minimum absolute atomic E-state index is 0.0705. The fraction of sp³-hybridized carbons (Fsp3) is 0.333. The number of carbonyl (C=O) groups excluding carboxylic acids is 2. The van der Waals surface area contributed by atoms with Gasteiger partial charge in [0.1, 0.15) is 5.25 Å². The van der Waals surface area contributed by atoms with Gasteiger partial charge in [-0.1, -0.05) is 18.2 Å². The average molecular weight is 423 g/mol. The van der Waals surface area contributed by atoms with Gasteiger partial charge in [0.2, 0.25) is 15.1 Å². The Bertz CT molecular complexity index is 1040. The Kier molecular flexibility index (Phi) is 5.07. The van der Waals surface area contributed by atoms with Crippen molar-refractivity contribution in [1.29, 1.82) is 0 Å². The number of ketones is 1. The largest absolute Gasteiger partial charge is 0.478 e. The van der Waals surface area contributed by atoms with E-state index in [9.17, 15) is 27.9 Å². The predicted octanol–water partition coefficient (Wildman–Crippen LogP) is -0.439. The highest BCUT2D eigenvalue weighted by Crippen LogP contribution is 2.37. The number of hydrogen-bond donors (Lipinski definition) is 2. The third-order valence-corrected chi connectivity index (χ3v) is 7.79. The summed E-state index contributed by atoms with van der Waals surface area (Å²) in [7, 11) is -3.97. The molecular weight excluding hydrogens is 404 g/mol. The number of hydrogen-bond acceptors (Lipinski definition) is 6. The van der Waals surface area contributed by atoms with Crippen LogP contribution in [0.1, 0.15) is 20.8 Å². The molecule has 0 aromatic heterocycles. The third-order valence-electron chi connectivity index (χ3n) is 4.40. The van der Waals surface area contributed by atoms with E-state index < -0.39 is 38.5 Å². The van der Waals surface area contributed by atoms with E-state index >= 15 is 0 Å². The van der Waals surface area contributed by atoms with Crippen molar-refractivity contribution in [3.8, 4) is 0 Å².